The number of aliphatic imine (C=N–C) groups is 2. The molecule has 0 aliphatic carbocycles. The highest BCUT2D eigenvalue weighted by Crippen LogP contribution is 2.42. The van der Waals surface area contributed by atoms with E-state index in [-0.39, 0.29) is 47.5 Å². The maximum Gasteiger partial charge on any atom is 0.417 e. The number of aryl methyl sites for hydroxylation is 3. The number of nitrogens with zero attached hydrogens (tertiary/aromatic N) is 4. The molecule has 1 fully saturated rings. The highest BCUT2D eigenvalue weighted by molar-refractivity contribution is 6.03. The van der Waals surface area contributed by atoms with Crippen molar-refractivity contribution in [3.05, 3.63) is 92.5 Å². The largest absolute Gasteiger partial charge is 0.417 e. The van der Waals surface area contributed by atoms with Crippen molar-refractivity contribution in [2.45, 2.75) is 106 Å². The van der Waals surface area contributed by atoms with E-state index in [4.69, 9.17) is 9.98 Å². The minimum atomic E-state index is -5.07. The maximum absolute atomic E-state index is 14.9. The van der Waals surface area contributed by atoms with Gasteiger partial charge in [0.2, 0.25) is 0 Å². The monoisotopic (exact) mass is 686 g/mol. The summed E-state index contributed by atoms with van der Waals surface area (Å²) in [5.41, 5.74) is 3.07. The molecule has 1 heterocycles. The van der Waals surface area contributed by atoms with E-state index >= 15 is 0 Å². The summed E-state index contributed by atoms with van der Waals surface area (Å²) in [5, 5.41) is 0. The van der Waals surface area contributed by atoms with E-state index in [2.05, 4.69) is 26.0 Å². The molecule has 0 amide bonds. The van der Waals surface area contributed by atoms with Crippen molar-refractivity contribution < 1.29 is 26.3 Å². The number of benzene rings is 3. The molecular weight excluding hydrogens is 638 g/mol. The standard InChI is InChI=1S/C39H48F6N4/c1-22(2)29-18-31(23(3)4)36(32(19-29)24(5)6)47-37(34-27(9)17-30(38(40,41)42)20-33(34)39(43,44)45)49-16-12-15-48(21-49)28(10)46-35-25(7)13-11-14-26(35)8/h11,13-14,17-20,22-24H,12,15-16,21H2,1-10H3. The van der Waals surface area contributed by atoms with Crippen LogP contribution in [0, 0.1) is 20.8 Å². The average molecular weight is 687 g/mol. The van der Waals surface area contributed by atoms with Crippen molar-refractivity contribution >= 4 is 23.0 Å². The van der Waals surface area contributed by atoms with E-state index < -0.39 is 23.5 Å². The van der Waals surface area contributed by atoms with Crippen molar-refractivity contribution in [2.24, 2.45) is 9.98 Å². The Morgan fingerprint density at radius 1 is 0.673 bits per heavy atom. The molecular formula is C39H48F6N4. The van der Waals surface area contributed by atoms with Gasteiger partial charge in [-0.25, -0.2) is 9.98 Å². The average Bonchev–Trinajstić information content (AvgIpc) is 3.00. The number of para-hydroxylation sites is 1. The lowest BCUT2D eigenvalue weighted by molar-refractivity contribution is -0.143. The summed E-state index contributed by atoms with van der Waals surface area (Å²) in [4.78, 5) is 13.8. The second kappa shape index (κ2) is 14.6. The van der Waals surface area contributed by atoms with Crippen LogP contribution < -0.4 is 0 Å². The number of amidine groups is 2. The summed E-state index contributed by atoms with van der Waals surface area (Å²) in [7, 11) is 0. The first-order valence-electron chi connectivity index (χ1n) is 16.9. The molecule has 0 spiro atoms. The smallest absolute Gasteiger partial charge is 0.342 e. The summed E-state index contributed by atoms with van der Waals surface area (Å²) < 4.78 is 86.3. The van der Waals surface area contributed by atoms with Gasteiger partial charge in [0.05, 0.1) is 29.2 Å². The van der Waals surface area contributed by atoms with Crippen LogP contribution in [-0.2, 0) is 12.4 Å². The first-order valence-corrected chi connectivity index (χ1v) is 16.9. The first kappa shape index (κ1) is 38.0. The summed E-state index contributed by atoms with van der Waals surface area (Å²) in [6.45, 7) is 20.5. The Morgan fingerprint density at radius 3 is 1.71 bits per heavy atom. The zero-order chi connectivity index (χ0) is 36.6. The Hall–Kier alpha value is -3.82. The molecule has 1 aliphatic rings. The van der Waals surface area contributed by atoms with Gasteiger partial charge in [0.15, 0.2) is 0 Å². The van der Waals surface area contributed by atoms with Gasteiger partial charge < -0.3 is 9.80 Å². The Balaban J connectivity index is 2.03. The third kappa shape index (κ3) is 8.50. The molecule has 4 rings (SSSR count). The van der Waals surface area contributed by atoms with E-state index in [1.165, 1.54) is 6.92 Å². The Labute approximate surface area is 287 Å². The van der Waals surface area contributed by atoms with Crippen molar-refractivity contribution in [1.29, 1.82) is 0 Å². The molecule has 0 atom stereocenters. The van der Waals surface area contributed by atoms with E-state index in [1.807, 2.05) is 71.6 Å². The van der Waals surface area contributed by atoms with Gasteiger partial charge in [0.25, 0.3) is 0 Å². The van der Waals surface area contributed by atoms with Gasteiger partial charge in [0.1, 0.15) is 11.7 Å². The quantitative estimate of drug-likeness (QED) is 0.147. The fourth-order valence-corrected chi connectivity index (χ4v) is 6.36. The summed E-state index contributed by atoms with van der Waals surface area (Å²) in [5.74, 6) is 0.863. The molecule has 3 aromatic rings. The Bertz CT molecular complexity index is 1680. The number of hydrogen-bond donors (Lipinski definition) is 0. The SMILES string of the molecule is CC(=Nc1c(C)cccc1C)N1CCCN(C(=Nc2c(C(C)C)cc(C(C)C)cc2C(C)C)c2c(C)cc(C(F)(F)F)cc2C(F)(F)F)C1. The first-order chi connectivity index (χ1) is 22.7. The summed E-state index contributed by atoms with van der Waals surface area (Å²) in [6.07, 6.45) is -9.44. The third-order valence-corrected chi connectivity index (χ3v) is 9.18. The van der Waals surface area contributed by atoms with Crippen LogP contribution in [0.3, 0.4) is 0 Å². The van der Waals surface area contributed by atoms with Crippen LogP contribution in [0.5, 0.6) is 0 Å². The molecule has 1 aliphatic heterocycles. The number of alkyl halides is 6. The minimum Gasteiger partial charge on any atom is -0.342 e. The molecule has 0 unspecified atom stereocenters. The fraction of sp³-hybridized carbons (Fsp3) is 0.487. The van der Waals surface area contributed by atoms with E-state index in [9.17, 15) is 26.3 Å². The molecule has 0 aromatic heterocycles. The predicted octanol–water partition coefficient (Wildman–Crippen LogP) is 11.8. The topological polar surface area (TPSA) is 31.2 Å². The maximum atomic E-state index is 14.9. The number of rotatable bonds is 6. The highest BCUT2D eigenvalue weighted by Gasteiger charge is 2.41. The molecule has 49 heavy (non-hydrogen) atoms. The van der Waals surface area contributed by atoms with Gasteiger partial charge in [0, 0.05) is 18.7 Å². The van der Waals surface area contributed by atoms with Gasteiger partial charge in [-0.15, -0.1) is 0 Å². The van der Waals surface area contributed by atoms with Gasteiger partial charge >= 0.3 is 12.4 Å². The lowest BCUT2D eigenvalue weighted by Gasteiger charge is -2.39. The van der Waals surface area contributed by atoms with Crippen LogP contribution in [0.25, 0.3) is 0 Å². The Kier molecular flexibility index (Phi) is 11.3. The number of hydrogen-bond acceptors (Lipinski definition) is 2. The van der Waals surface area contributed by atoms with Crippen LogP contribution in [-0.4, -0.2) is 41.2 Å². The van der Waals surface area contributed by atoms with Gasteiger partial charge in [-0.2, -0.15) is 26.3 Å². The van der Waals surface area contributed by atoms with Crippen molar-refractivity contribution in [3.8, 4) is 0 Å². The Morgan fingerprint density at radius 2 is 1.22 bits per heavy atom. The van der Waals surface area contributed by atoms with E-state index in [0.29, 0.717) is 31.0 Å². The van der Waals surface area contributed by atoms with E-state index in [0.717, 1.165) is 39.6 Å². The molecule has 0 N–H and O–H groups in total. The van der Waals surface area contributed by atoms with Gasteiger partial charge in [-0.3, -0.25) is 0 Å². The molecule has 1 saturated heterocycles. The zero-order valence-corrected chi connectivity index (χ0v) is 30.2. The molecule has 0 radical (unpaired) electrons. The van der Waals surface area contributed by atoms with E-state index in [1.54, 1.807) is 4.90 Å². The molecule has 3 aromatic carbocycles. The molecule has 0 bridgehead atoms. The third-order valence-electron chi connectivity index (χ3n) is 9.18. The van der Waals surface area contributed by atoms with Crippen molar-refractivity contribution in [2.75, 3.05) is 19.8 Å². The predicted molar refractivity (Wildman–Crippen MR) is 188 cm³/mol. The fourth-order valence-electron chi connectivity index (χ4n) is 6.36. The second-order valence-electron chi connectivity index (χ2n) is 14.1. The molecule has 266 valence electrons. The van der Waals surface area contributed by atoms with Crippen LogP contribution in [0.2, 0.25) is 0 Å². The molecule has 4 nitrogen and oxygen atoms in total. The molecule has 0 saturated carbocycles. The lowest BCUT2D eigenvalue weighted by Crippen LogP contribution is -2.50. The zero-order valence-electron chi connectivity index (χ0n) is 30.2. The van der Waals surface area contributed by atoms with Crippen molar-refractivity contribution in [1.82, 2.24) is 9.80 Å². The molecule has 10 heteroatoms. The normalized spacial score (nSPS) is 15.3. The van der Waals surface area contributed by atoms with Gasteiger partial charge in [-0.05, 0) is 97.4 Å². The van der Waals surface area contributed by atoms with Crippen LogP contribution in [0.15, 0.2) is 52.4 Å². The van der Waals surface area contributed by atoms with Crippen LogP contribution in [0.1, 0.15) is 123 Å². The summed E-state index contributed by atoms with van der Waals surface area (Å²) >= 11 is 0. The lowest BCUT2D eigenvalue weighted by atomic mass is 9.87. The second-order valence-corrected chi connectivity index (χ2v) is 14.1. The van der Waals surface area contributed by atoms with Crippen LogP contribution in [0.4, 0.5) is 37.7 Å². The van der Waals surface area contributed by atoms with Gasteiger partial charge in [-0.1, -0.05) is 71.9 Å². The van der Waals surface area contributed by atoms with Crippen molar-refractivity contribution in [3.63, 3.8) is 0 Å². The number of halogens is 6. The minimum absolute atomic E-state index is 0.00391. The summed E-state index contributed by atoms with van der Waals surface area (Å²) in [6, 6.07) is 11.0. The van der Waals surface area contributed by atoms with Crippen LogP contribution >= 0.6 is 0 Å². The highest BCUT2D eigenvalue weighted by atomic mass is 19.4.